The van der Waals surface area contributed by atoms with Crippen molar-refractivity contribution in [3.63, 3.8) is 0 Å². The summed E-state index contributed by atoms with van der Waals surface area (Å²) in [5.74, 6) is 0.779. The van der Waals surface area contributed by atoms with Crippen molar-refractivity contribution >= 4 is 38.4 Å². The molecule has 3 rings (SSSR count). The summed E-state index contributed by atoms with van der Waals surface area (Å²) < 4.78 is 6.46. The number of nitrogens with zero attached hydrogens (tertiary/aromatic N) is 1. The van der Waals surface area contributed by atoms with E-state index in [-0.39, 0.29) is 6.03 Å². The van der Waals surface area contributed by atoms with Crippen LogP contribution in [-0.4, -0.2) is 17.6 Å². The zero-order chi connectivity index (χ0) is 16.9. The lowest BCUT2D eigenvalue weighted by Crippen LogP contribution is -2.19. The van der Waals surface area contributed by atoms with Gasteiger partial charge in [0, 0.05) is 5.69 Å². The van der Waals surface area contributed by atoms with Gasteiger partial charge in [0.2, 0.25) is 0 Å². The van der Waals surface area contributed by atoms with Gasteiger partial charge in [0.15, 0.2) is 5.13 Å². The van der Waals surface area contributed by atoms with Gasteiger partial charge in [-0.25, -0.2) is 9.78 Å². The molecule has 2 amide bonds. The number of urea groups is 1. The largest absolute Gasteiger partial charge is 0.494 e. The molecule has 124 valence electrons. The van der Waals surface area contributed by atoms with Gasteiger partial charge in [-0.15, -0.1) is 0 Å². The molecule has 0 spiro atoms. The van der Waals surface area contributed by atoms with Crippen LogP contribution in [0.5, 0.6) is 5.75 Å². The minimum atomic E-state index is -0.309. The lowest BCUT2D eigenvalue weighted by molar-refractivity contribution is 0.262. The summed E-state index contributed by atoms with van der Waals surface area (Å²) in [6.45, 7) is 4.64. The topological polar surface area (TPSA) is 63.2 Å². The molecular weight excluding hydrogens is 322 g/mol. The zero-order valence-corrected chi connectivity index (χ0v) is 14.4. The van der Waals surface area contributed by atoms with Gasteiger partial charge in [-0.05, 0) is 49.2 Å². The second-order valence-corrected chi connectivity index (χ2v) is 6.20. The summed E-state index contributed by atoms with van der Waals surface area (Å²) in [7, 11) is 0. The Hall–Kier alpha value is -2.60. The minimum absolute atomic E-state index is 0.309. The molecule has 6 heteroatoms. The van der Waals surface area contributed by atoms with Crippen LogP contribution in [0, 0.1) is 0 Å². The van der Waals surface area contributed by atoms with Crippen LogP contribution in [0.25, 0.3) is 10.2 Å². The fourth-order valence-electron chi connectivity index (χ4n) is 2.40. The SMILES string of the molecule is CCOc1ccc(NC(=O)Nc2nc3c(CC)cccc3s2)cc1. The van der Waals surface area contributed by atoms with Crippen molar-refractivity contribution < 1.29 is 9.53 Å². The summed E-state index contributed by atoms with van der Waals surface area (Å²) in [5, 5.41) is 6.18. The number of para-hydroxylation sites is 1. The molecule has 3 aromatic rings. The number of carbonyl (C=O) groups is 1. The normalized spacial score (nSPS) is 10.6. The first kappa shape index (κ1) is 16.3. The number of ether oxygens (including phenoxy) is 1. The number of amides is 2. The maximum absolute atomic E-state index is 12.1. The number of aryl methyl sites for hydroxylation is 1. The van der Waals surface area contributed by atoms with Gasteiger partial charge in [-0.3, -0.25) is 5.32 Å². The summed E-state index contributed by atoms with van der Waals surface area (Å²) in [6.07, 6.45) is 0.916. The predicted octanol–water partition coefficient (Wildman–Crippen LogP) is 4.90. The number of hydrogen-bond donors (Lipinski definition) is 2. The van der Waals surface area contributed by atoms with Crippen LogP contribution in [0.3, 0.4) is 0 Å². The molecule has 1 heterocycles. The van der Waals surface area contributed by atoms with E-state index in [0.29, 0.717) is 17.4 Å². The van der Waals surface area contributed by atoms with Crippen LogP contribution in [0.1, 0.15) is 19.4 Å². The molecule has 0 radical (unpaired) electrons. The first-order valence-electron chi connectivity index (χ1n) is 7.89. The average Bonchev–Trinajstić information content (AvgIpc) is 2.99. The molecule has 2 aromatic carbocycles. The van der Waals surface area contributed by atoms with Crippen LogP contribution in [0.15, 0.2) is 42.5 Å². The fraction of sp³-hybridized carbons (Fsp3) is 0.222. The third-order valence-electron chi connectivity index (χ3n) is 3.53. The molecule has 0 aliphatic carbocycles. The standard InChI is InChI=1S/C18H19N3O2S/c1-3-12-6-5-7-15-16(12)20-18(24-15)21-17(22)19-13-8-10-14(11-9-13)23-4-2/h5-11H,3-4H2,1-2H3,(H2,19,20,21,22). The zero-order valence-electron chi connectivity index (χ0n) is 13.6. The van der Waals surface area contributed by atoms with Gasteiger partial charge in [0.05, 0.1) is 16.8 Å². The van der Waals surface area contributed by atoms with Gasteiger partial charge in [-0.2, -0.15) is 0 Å². The van der Waals surface area contributed by atoms with Crippen molar-refractivity contribution in [2.75, 3.05) is 17.2 Å². The van der Waals surface area contributed by atoms with Crippen molar-refractivity contribution in [1.29, 1.82) is 0 Å². The third-order valence-corrected chi connectivity index (χ3v) is 4.46. The molecule has 0 aliphatic rings. The molecule has 0 bridgehead atoms. The molecule has 0 aliphatic heterocycles. The number of hydrogen-bond acceptors (Lipinski definition) is 4. The number of fused-ring (bicyclic) bond motifs is 1. The summed E-state index contributed by atoms with van der Waals surface area (Å²) in [5.41, 5.74) is 2.84. The molecule has 0 fully saturated rings. The van der Waals surface area contributed by atoms with E-state index in [1.54, 1.807) is 12.1 Å². The molecule has 5 nitrogen and oxygen atoms in total. The number of anilines is 2. The van der Waals surface area contributed by atoms with E-state index in [2.05, 4.69) is 28.6 Å². The second kappa shape index (κ2) is 7.31. The molecule has 0 saturated heterocycles. The second-order valence-electron chi connectivity index (χ2n) is 5.17. The number of rotatable bonds is 5. The van der Waals surface area contributed by atoms with Gasteiger partial charge >= 0.3 is 6.03 Å². The van der Waals surface area contributed by atoms with E-state index < -0.39 is 0 Å². The Morgan fingerprint density at radius 2 is 1.92 bits per heavy atom. The first-order chi connectivity index (χ1) is 11.7. The lowest BCUT2D eigenvalue weighted by Gasteiger charge is -2.07. The Balaban J connectivity index is 1.68. The number of thiazole rings is 1. The number of nitrogens with one attached hydrogen (secondary N) is 2. The summed E-state index contributed by atoms with van der Waals surface area (Å²) >= 11 is 1.47. The maximum atomic E-state index is 12.1. The Labute approximate surface area is 144 Å². The van der Waals surface area contributed by atoms with E-state index in [9.17, 15) is 4.79 Å². The Morgan fingerprint density at radius 1 is 1.12 bits per heavy atom. The third kappa shape index (κ3) is 3.65. The van der Waals surface area contributed by atoms with Crippen LogP contribution < -0.4 is 15.4 Å². The highest BCUT2D eigenvalue weighted by Gasteiger charge is 2.10. The molecule has 24 heavy (non-hydrogen) atoms. The summed E-state index contributed by atoms with van der Waals surface area (Å²) in [6, 6.07) is 13.0. The fourth-order valence-corrected chi connectivity index (χ4v) is 3.31. The number of benzene rings is 2. The van der Waals surface area contributed by atoms with Crippen LogP contribution in [0.4, 0.5) is 15.6 Å². The maximum Gasteiger partial charge on any atom is 0.325 e. The van der Waals surface area contributed by atoms with Gasteiger partial charge < -0.3 is 10.1 Å². The number of aromatic nitrogens is 1. The quantitative estimate of drug-likeness (QED) is 0.693. The monoisotopic (exact) mass is 341 g/mol. The Kier molecular flexibility index (Phi) is 4.96. The van der Waals surface area contributed by atoms with Gasteiger partial charge in [-0.1, -0.05) is 30.4 Å². The van der Waals surface area contributed by atoms with Gasteiger partial charge in [0.1, 0.15) is 5.75 Å². The highest BCUT2D eigenvalue weighted by atomic mass is 32.1. The van der Waals surface area contributed by atoms with E-state index in [1.165, 1.54) is 16.9 Å². The average molecular weight is 341 g/mol. The molecular formula is C18H19N3O2S. The van der Waals surface area contributed by atoms with E-state index in [4.69, 9.17) is 4.74 Å². The van der Waals surface area contributed by atoms with E-state index in [1.807, 2.05) is 31.2 Å². The van der Waals surface area contributed by atoms with Gasteiger partial charge in [0.25, 0.3) is 0 Å². The van der Waals surface area contributed by atoms with E-state index in [0.717, 1.165) is 22.4 Å². The highest BCUT2D eigenvalue weighted by Crippen LogP contribution is 2.28. The molecule has 0 atom stereocenters. The first-order valence-corrected chi connectivity index (χ1v) is 8.70. The Morgan fingerprint density at radius 3 is 2.62 bits per heavy atom. The van der Waals surface area contributed by atoms with Crippen molar-refractivity contribution in [1.82, 2.24) is 4.98 Å². The van der Waals surface area contributed by atoms with Crippen molar-refractivity contribution in [3.8, 4) is 5.75 Å². The molecule has 0 unspecified atom stereocenters. The van der Waals surface area contributed by atoms with Crippen molar-refractivity contribution in [2.45, 2.75) is 20.3 Å². The van der Waals surface area contributed by atoms with Crippen LogP contribution in [0.2, 0.25) is 0 Å². The lowest BCUT2D eigenvalue weighted by atomic mass is 10.1. The predicted molar refractivity (Wildman–Crippen MR) is 99.3 cm³/mol. The Bertz CT molecular complexity index is 843. The smallest absolute Gasteiger partial charge is 0.325 e. The van der Waals surface area contributed by atoms with Crippen LogP contribution in [-0.2, 0) is 6.42 Å². The molecule has 1 aromatic heterocycles. The molecule has 2 N–H and O–H groups in total. The van der Waals surface area contributed by atoms with Crippen LogP contribution >= 0.6 is 11.3 Å². The number of carbonyl (C=O) groups excluding carboxylic acids is 1. The summed E-state index contributed by atoms with van der Waals surface area (Å²) in [4.78, 5) is 16.7. The van der Waals surface area contributed by atoms with Crippen molar-refractivity contribution in [2.24, 2.45) is 0 Å². The minimum Gasteiger partial charge on any atom is -0.494 e. The molecule has 0 saturated carbocycles. The highest BCUT2D eigenvalue weighted by molar-refractivity contribution is 7.22. The van der Waals surface area contributed by atoms with Crippen molar-refractivity contribution in [3.05, 3.63) is 48.0 Å². The van der Waals surface area contributed by atoms with E-state index >= 15 is 0 Å².